The minimum Gasteiger partial charge on any atom is -0.325 e. The third-order valence-corrected chi connectivity index (χ3v) is 5.93. The Bertz CT molecular complexity index is 987. The highest BCUT2D eigenvalue weighted by atomic mass is 32.2. The van der Waals surface area contributed by atoms with Gasteiger partial charge in [0.1, 0.15) is 5.82 Å². The molecule has 0 radical (unpaired) electrons. The number of thioether (sulfide) groups is 1. The predicted molar refractivity (Wildman–Crippen MR) is 115 cm³/mol. The Morgan fingerprint density at radius 2 is 2.03 bits per heavy atom. The lowest BCUT2D eigenvalue weighted by atomic mass is 10.2. The summed E-state index contributed by atoms with van der Waals surface area (Å²) in [6, 6.07) is 7.61. The van der Waals surface area contributed by atoms with Gasteiger partial charge in [0.15, 0.2) is 10.3 Å². The molecule has 152 valence electrons. The van der Waals surface area contributed by atoms with Crippen molar-refractivity contribution < 1.29 is 9.59 Å². The first-order valence-electron chi connectivity index (χ1n) is 9.12. The third kappa shape index (κ3) is 5.42. The quantitative estimate of drug-likeness (QED) is 0.531. The van der Waals surface area contributed by atoms with Gasteiger partial charge in [0.2, 0.25) is 11.8 Å². The molecule has 8 nitrogen and oxygen atoms in total. The first-order valence-corrected chi connectivity index (χ1v) is 10.9. The molecule has 0 spiro atoms. The van der Waals surface area contributed by atoms with E-state index >= 15 is 0 Å². The Kier molecular flexibility index (Phi) is 6.99. The summed E-state index contributed by atoms with van der Waals surface area (Å²) in [4.78, 5) is 28.9. The lowest BCUT2D eigenvalue weighted by Crippen LogP contribution is -2.23. The summed E-state index contributed by atoms with van der Waals surface area (Å²) >= 11 is 2.67. The second kappa shape index (κ2) is 9.66. The first-order chi connectivity index (χ1) is 14.0. The molecule has 3 rings (SSSR count). The van der Waals surface area contributed by atoms with Gasteiger partial charge in [-0.1, -0.05) is 30.0 Å². The molecule has 0 aliphatic carbocycles. The van der Waals surface area contributed by atoms with Crippen molar-refractivity contribution in [2.75, 3.05) is 10.6 Å². The van der Waals surface area contributed by atoms with Gasteiger partial charge in [-0.2, -0.15) is 0 Å². The number of aryl methyl sites for hydroxylation is 1. The van der Waals surface area contributed by atoms with Crippen molar-refractivity contribution in [3.8, 4) is 0 Å². The van der Waals surface area contributed by atoms with E-state index in [0.29, 0.717) is 22.7 Å². The second-order valence-electron chi connectivity index (χ2n) is 6.27. The molecule has 0 unspecified atom stereocenters. The highest BCUT2D eigenvalue weighted by molar-refractivity contribution is 8.00. The summed E-state index contributed by atoms with van der Waals surface area (Å²) in [7, 11) is 0. The molecule has 10 heteroatoms. The molecule has 1 aromatic carbocycles. The number of rotatable bonds is 8. The van der Waals surface area contributed by atoms with Gasteiger partial charge in [0.25, 0.3) is 0 Å². The van der Waals surface area contributed by atoms with Crippen LogP contribution in [-0.2, 0) is 22.6 Å². The topological polar surface area (TPSA) is 102 Å². The van der Waals surface area contributed by atoms with Crippen LogP contribution in [0.1, 0.15) is 25.2 Å². The fraction of sp³-hybridized carbons (Fsp3) is 0.316. The summed E-state index contributed by atoms with van der Waals surface area (Å²) in [5, 5.41) is 16.6. The zero-order valence-corrected chi connectivity index (χ0v) is 18.0. The normalized spacial score (nSPS) is 11.8. The van der Waals surface area contributed by atoms with Crippen molar-refractivity contribution >= 4 is 45.7 Å². The van der Waals surface area contributed by atoms with Gasteiger partial charge in [-0.05, 0) is 32.4 Å². The maximum Gasteiger partial charge on any atom is 0.239 e. The number of aromatic nitrogens is 4. The number of benzene rings is 1. The number of anilines is 2. The number of carbonyl (C=O) groups is 2. The van der Waals surface area contributed by atoms with Crippen LogP contribution >= 0.6 is 23.1 Å². The van der Waals surface area contributed by atoms with Crippen LogP contribution in [0, 0.1) is 6.92 Å². The van der Waals surface area contributed by atoms with E-state index in [4.69, 9.17) is 0 Å². The monoisotopic (exact) mass is 430 g/mol. The number of amides is 2. The molecule has 2 N–H and O–H groups in total. The summed E-state index contributed by atoms with van der Waals surface area (Å²) < 4.78 is 1.86. The summed E-state index contributed by atoms with van der Waals surface area (Å²) in [6.07, 6.45) is 1.75. The fourth-order valence-electron chi connectivity index (χ4n) is 2.61. The minimum atomic E-state index is -0.387. The number of hydrogen-bond acceptors (Lipinski definition) is 7. The Hall–Kier alpha value is -2.72. The number of nitrogens with zero attached hydrogens (tertiary/aromatic N) is 4. The van der Waals surface area contributed by atoms with Crippen LogP contribution in [-0.4, -0.2) is 36.8 Å². The molecule has 3 aromatic rings. The Morgan fingerprint density at radius 1 is 1.24 bits per heavy atom. The average Bonchev–Trinajstić information content (AvgIpc) is 3.33. The van der Waals surface area contributed by atoms with Crippen LogP contribution in [0.2, 0.25) is 0 Å². The number of carbonyl (C=O) groups excluding carboxylic acids is 2. The van der Waals surface area contributed by atoms with Crippen LogP contribution < -0.4 is 10.6 Å². The second-order valence-corrected chi connectivity index (χ2v) is 8.47. The molecule has 2 aromatic heterocycles. The molecule has 2 heterocycles. The molecule has 1 atom stereocenters. The van der Waals surface area contributed by atoms with Gasteiger partial charge in [0, 0.05) is 23.8 Å². The fourth-order valence-corrected chi connectivity index (χ4v) is 4.07. The van der Waals surface area contributed by atoms with Crippen molar-refractivity contribution in [2.45, 2.75) is 44.1 Å². The molecule has 0 aliphatic heterocycles. The van der Waals surface area contributed by atoms with E-state index in [1.165, 1.54) is 23.1 Å². The van der Waals surface area contributed by atoms with Crippen molar-refractivity contribution in [3.63, 3.8) is 0 Å². The summed E-state index contributed by atoms with van der Waals surface area (Å²) in [5.74, 6) is 0.246. The van der Waals surface area contributed by atoms with E-state index in [1.807, 2.05) is 42.7 Å². The standard InChI is InChI=1S/C19H22N6O2S2/c1-4-25-15(11-16(26)21-14-8-6-5-7-12(14)2)23-24-19(25)29-13(3)17(27)22-18-20-9-10-28-18/h5-10,13H,4,11H2,1-3H3,(H,21,26)(H,20,22,27)/t13-/m0/s1. The zero-order chi connectivity index (χ0) is 20.8. The van der Waals surface area contributed by atoms with Crippen molar-refractivity contribution in [2.24, 2.45) is 0 Å². The molecular formula is C19H22N6O2S2. The lowest BCUT2D eigenvalue weighted by Gasteiger charge is -2.12. The molecule has 0 bridgehead atoms. The van der Waals surface area contributed by atoms with E-state index in [9.17, 15) is 9.59 Å². The smallest absolute Gasteiger partial charge is 0.239 e. The molecule has 2 amide bonds. The van der Waals surface area contributed by atoms with Gasteiger partial charge >= 0.3 is 0 Å². The van der Waals surface area contributed by atoms with Crippen LogP contribution in [0.5, 0.6) is 0 Å². The van der Waals surface area contributed by atoms with Crippen molar-refractivity contribution in [3.05, 3.63) is 47.2 Å². The lowest BCUT2D eigenvalue weighted by molar-refractivity contribution is -0.116. The van der Waals surface area contributed by atoms with Crippen LogP contribution in [0.4, 0.5) is 10.8 Å². The van der Waals surface area contributed by atoms with Crippen LogP contribution in [0.3, 0.4) is 0 Å². The minimum absolute atomic E-state index is 0.107. The first kappa shape index (κ1) is 21.0. The van der Waals surface area contributed by atoms with Gasteiger partial charge in [-0.3, -0.25) is 9.59 Å². The van der Waals surface area contributed by atoms with E-state index < -0.39 is 0 Å². The highest BCUT2D eigenvalue weighted by Gasteiger charge is 2.21. The molecule has 0 saturated carbocycles. The number of hydrogen-bond donors (Lipinski definition) is 2. The Balaban J connectivity index is 1.64. The van der Waals surface area contributed by atoms with Gasteiger partial charge in [0.05, 0.1) is 11.7 Å². The van der Waals surface area contributed by atoms with E-state index in [1.54, 1.807) is 18.5 Å². The average molecular weight is 431 g/mol. The van der Waals surface area contributed by atoms with Crippen LogP contribution in [0.25, 0.3) is 0 Å². The number of nitrogens with one attached hydrogen (secondary N) is 2. The predicted octanol–water partition coefficient (Wildman–Crippen LogP) is 3.36. The summed E-state index contributed by atoms with van der Waals surface area (Å²) in [5.41, 5.74) is 1.77. The van der Waals surface area contributed by atoms with Gasteiger partial charge in [-0.25, -0.2) is 4.98 Å². The molecule has 0 aliphatic rings. The van der Waals surface area contributed by atoms with E-state index in [-0.39, 0.29) is 23.5 Å². The zero-order valence-electron chi connectivity index (χ0n) is 16.4. The maximum absolute atomic E-state index is 12.5. The van der Waals surface area contributed by atoms with Crippen LogP contribution in [0.15, 0.2) is 41.0 Å². The number of thiazole rings is 1. The number of para-hydroxylation sites is 1. The maximum atomic E-state index is 12.5. The molecule has 29 heavy (non-hydrogen) atoms. The highest BCUT2D eigenvalue weighted by Crippen LogP contribution is 2.24. The molecule has 0 saturated heterocycles. The Morgan fingerprint density at radius 3 is 2.72 bits per heavy atom. The summed E-state index contributed by atoms with van der Waals surface area (Å²) in [6.45, 7) is 6.30. The van der Waals surface area contributed by atoms with Gasteiger partial charge < -0.3 is 15.2 Å². The SMILES string of the molecule is CCn1c(CC(=O)Nc2ccccc2C)nnc1S[C@@H](C)C(=O)Nc1nccs1. The van der Waals surface area contributed by atoms with Crippen molar-refractivity contribution in [1.29, 1.82) is 0 Å². The van der Waals surface area contributed by atoms with Crippen molar-refractivity contribution in [1.82, 2.24) is 19.7 Å². The largest absolute Gasteiger partial charge is 0.325 e. The molecule has 0 fully saturated rings. The third-order valence-electron chi connectivity index (χ3n) is 4.16. The van der Waals surface area contributed by atoms with E-state index in [2.05, 4.69) is 25.8 Å². The Labute approximate surface area is 177 Å². The molecular weight excluding hydrogens is 408 g/mol. The van der Waals surface area contributed by atoms with E-state index in [0.717, 1.165) is 11.3 Å². The van der Waals surface area contributed by atoms with Gasteiger partial charge in [-0.15, -0.1) is 21.5 Å².